The van der Waals surface area contributed by atoms with Crippen LogP contribution in [0.4, 0.5) is 11.6 Å². The van der Waals surface area contributed by atoms with E-state index in [4.69, 9.17) is 4.52 Å². The highest BCUT2D eigenvalue weighted by atomic mass is 16.5. The highest BCUT2D eigenvalue weighted by Crippen LogP contribution is 2.35. The van der Waals surface area contributed by atoms with Crippen LogP contribution in [0, 0.1) is 5.92 Å². The van der Waals surface area contributed by atoms with Crippen LogP contribution in [0.3, 0.4) is 0 Å². The topological polar surface area (TPSA) is 80.0 Å². The Hall–Kier alpha value is -2.18. The van der Waals surface area contributed by atoms with Gasteiger partial charge in [0.1, 0.15) is 18.0 Å². The average Bonchev–Trinajstić information content (AvgIpc) is 3.09. The number of aromatic nitrogens is 4. The smallest absolute Gasteiger partial charge is 0.229 e. The molecule has 1 N–H and O–H groups in total. The predicted molar refractivity (Wildman–Crippen MR) is 91.0 cm³/mol. The Labute approximate surface area is 141 Å². The van der Waals surface area contributed by atoms with Crippen molar-refractivity contribution >= 4 is 11.6 Å². The summed E-state index contributed by atoms with van der Waals surface area (Å²) in [5.41, 5.74) is 0. The first kappa shape index (κ1) is 15.4. The molecule has 7 heteroatoms. The number of nitrogens with zero attached hydrogens (tertiary/aromatic N) is 5. The molecule has 1 unspecified atom stereocenters. The monoisotopic (exact) mass is 328 g/mol. The van der Waals surface area contributed by atoms with E-state index in [1.165, 1.54) is 12.8 Å². The standard InChI is InChI=1S/C17H24N6O/c1-11(2)17-21-16(22-24-17)13-4-3-7-23(13)15-8-14(19-10-20-15)18-9-12-5-6-12/h8,10-13H,3-7,9H2,1-2H3,(H,18,19,20). The summed E-state index contributed by atoms with van der Waals surface area (Å²) in [6.45, 7) is 6.08. The average molecular weight is 328 g/mol. The van der Waals surface area contributed by atoms with Crippen molar-refractivity contribution in [2.45, 2.75) is 51.5 Å². The van der Waals surface area contributed by atoms with Gasteiger partial charge in [0, 0.05) is 25.1 Å². The highest BCUT2D eigenvalue weighted by molar-refractivity contribution is 5.50. The zero-order valence-electron chi connectivity index (χ0n) is 14.3. The lowest BCUT2D eigenvalue weighted by molar-refractivity contribution is 0.358. The minimum atomic E-state index is 0.132. The van der Waals surface area contributed by atoms with Gasteiger partial charge in [0.2, 0.25) is 5.89 Å². The Morgan fingerprint density at radius 1 is 1.29 bits per heavy atom. The van der Waals surface area contributed by atoms with Crippen LogP contribution in [0.5, 0.6) is 0 Å². The van der Waals surface area contributed by atoms with Crippen LogP contribution in [0.2, 0.25) is 0 Å². The lowest BCUT2D eigenvalue weighted by atomic mass is 10.2. The number of hydrogen-bond donors (Lipinski definition) is 1. The fraction of sp³-hybridized carbons (Fsp3) is 0.647. The molecule has 0 spiro atoms. The van der Waals surface area contributed by atoms with Crippen LogP contribution in [-0.4, -0.2) is 33.2 Å². The first-order valence-electron chi connectivity index (χ1n) is 8.87. The molecule has 1 saturated heterocycles. The molecule has 2 aliphatic rings. The van der Waals surface area contributed by atoms with Crippen LogP contribution in [-0.2, 0) is 0 Å². The number of rotatable bonds is 6. The van der Waals surface area contributed by atoms with E-state index in [9.17, 15) is 0 Å². The Morgan fingerprint density at radius 3 is 2.92 bits per heavy atom. The second-order valence-corrected chi connectivity index (χ2v) is 7.08. The molecule has 0 amide bonds. The van der Waals surface area contributed by atoms with E-state index in [1.54, 1.807) is 6.33 Å². The van der Waals surface area contributed by atoms with Crippen LogP contribution in [0.1, 0.15) is 63.2 Å². The zero-order chi connectivity index (χ0) is 16.5. The minimum absolute atomic E-state index is 0.132. The highest BCUT2D eigenvalue weighted by Gasteiger charge is 2.31. The number of anilines is 2. The van der Waals surface area contributed by atoms with Gasteiger partial charge in [-0.1, -0.05) is 19.0 Å². The minimum Gasteiger partial charge on any atom is -0.370 e. The third kappa shape index (κ3) is 3.20. The van der Waals surface area contributed by atoms with Gasteiger partial charge in [-0.25, -0.2) is 9.97 Å². The molecule has 3 heterocycles. The molecule has 1 atom stereocenters. The molecule has 1 aliphatic heterocycles. The van der Waals surface area contributed by atoms with E-state index < -0.39 is 0 Å². The lowest BCUT2D eigenvalue weighted by Crippen LogP contribution is -2.24. The van der Waals surface area contributed by atoms with Crippen molar-refractivity contribution in [3.63, 3.8) is 0 Å². The molecule has 0 aromatic carbocycles. The van der Waals surface area contributed by atoms with Crippen molar-refractivity contribution < 1.29 is 4.52 Å². The maximum atomic E-state index is 5.39. The van der Waals surface area contributed by atoms with E-state index in [0.29, 0.717) is 5.89 Å². The molecule has 2 aromatic rings. The molecule has 7 nitrogen and oxygen atoms in total. The third-order valence-corrected chi connectivity index (χ3v) is 4.72. The second kappa shape index (κ2) is 6.37. The lowest BCUT2D eigenvalue weighted by Gasteiger charge is -2.23. The van der Waals surface area contributed by atoms with Crippen molar-refractivity contribution in [3.05, 3.63) is 24.1 Å². The Morgan fingerprint density at radius 2 is 2.17 bits per heavy atom. The second-order valence-electron chi connectivity index (χ2n) is 7.08. The molecule has 2 aromatic heterocycles. The molecular formula is C17H24N6O. The quantitative estimate of drug-likeness (QED) is 0.872. The fourth-order valence-electron chi connectivity index (χ4n) is 3.10. The van der Waals surface area contributed by atoms with Crippen molar-refractivity contribution in [2.75, 3.05) is 23.3 Å². The molecular weight excluding hydrogens is 304 g/mol. The fourth-order valence-corrected chi connectivity index (χ4v) is 3.10. The molecule has 128 valence electrons. The van der Waals surface area contributed by atoms with Crippen molar-refractivity contribution in [1.82, 2.24) is 20.1 Å². The summed E-state index contributed by atoms with van der Waals surface area (Å²) in [5, 5.41) is 7.62. The van der Waals surface area contributed by atoms with Gasteiger partial charge in [0.25, 0.3) is 0 Å². The van der Waals surface area contributed by atoms with Crippen LogP contribution >= 0.6 is 0 Å². The van der Waals surface area contributed by atoms with Crippen molar-refractivity contribution in [3.8, 4) is 0 Å². The van der Waals surface area contributed by atoms with E-state index in [1.807, 2.05) is 6.07 Å². The van der Waals surface area contributed by atoms with Gasteiger partial charge < -0.3 is 14.7 Å². The maximum Gasteiger partial charge on any atom is 0.229 e. The summed E-state index contributed by atoms with van der Waals surface area (Å²) in [4.78, 5) is 15.6. The normalized spacial score (nSPS) is 20.8. The first-order valence-corrected chi connectivity index (χ1v) is 8.87. The number of hydrogen-bond acceptors (Lipinski definition) is 7. The Balaban J connectivity index is 1.51. The largest absolute Gasteiger partial charge is 0.370 e. The molecule has 4 rings (SSSR count). The Kier molecular flexibility index (Phi) is 4.08. The summed E-state index contributed by atoms with van der Waals surface area (Å²) in [6.07, 6.45) is 6.41. The van der Waals surface area contributed by atoms with Gasteiger partial charge >= 0.3 is 0 Å². The SMILES string of the molecule is CC(C)c1nc(C2CCCN2c2cc(NCC3CC3)ncn2)no1. The predicted octanol–water partition coefficient (Wildman–Crippen LogP) is 3.15. The molecule has 24 heavy (non-hydrogen) atoms. The van der Waals surface area contributed by atoms with Crippen molar-refractivity contribution in [2.24, 2.45) is 5.92 Å². The zero-order valence-corrected chi connectivity index (χ0v) is 14.3. The van der Waals surface area contributed by atoms with E-state index >= 15 is 0 Å². The van der Waals surface area contributed by atoms with Gasteiger partial charge in [-0.3, -0.25) is 0 Å². The number of nitrogens with one attached hydrogen (secondary N) is 1. The van der Waals surface area contributed by atoms with Gasteiger partial charge in [-0.2, -0.15) is 4.98 Å². The summed E-state index contributed by atoms with van der Waals surface area (Å²) in [6, 6.07) is 2.16. The molecule has 2 fully saturated rings. The molecule has 0 bridgehead atoms. The van der Waals surface area contributed by atoms with E-state index in [-0.39, 0.29) is 12.0 Å². The Bertz CT molecular complexity index is 696. The van der Waals surface area contributed by atoms with Crippen LogP contribution < -0.4 is 10.2 Å². The summed E-state index contributed by atoms with van der Waals surface area (Å²) in [5.74, 6) is 4.36. The van der Waals surface area contributed by atoms with Crippen molar-refractivity contribution in [1.29, 1.82) is 0 Å². The summed E-state index contributed by atoms with van der Waals surface area (Å²) < 4.78 is 5.39. The maximum absolute atomic E-state index is 5.39. The first-order chi connectivity index (χ1) is 11.7. The van der Waals surface area contributed by atoms with Crippen LogP contribution in [0.15, 0.2) is 16.9 Å². The molecule has 0 radical (unpaired) electrons. The summed E-state index contributed by atoms with van der Waals surface area (Å²) in [7, 11) is 0. The van der Waals surface area contributed by atoms with E-state index in [2.05, 4.69) is 44.2 Å². The van der Waals surface area contributed by atoms with E-state index in [0.717, 1.165) is 49.3 Å². The molecule has 1 aliphatic carbocycles. The van der Waals surface area contributed by atoms with Gasteiger partial charge in [-0.05, 0) is 31.6 Å². The summed E-state index contributed by atoms with van der Waals surface area (Å²) >= 11 is 0. The van der Waals surface area contributed by atoms with Gasteiger partial charge in [0.15, 0.2) is 5.82 Å². The van der Waals surface area contributed by atoms with Gasteiger partial charge in [0.05, 0.1) is 6.04 Å². The molecule has 1 saturated carbocycles. The third-order valence-electron chi connectivity index (χ3n) is 4.72. The van der Waals surface area contributed by atoms with Gasteiger partial charge in [-0.15, -0.1) is 0 Å². The van der Waals surface area contributed by atoms with Crippen LogP contribution in [0.25, 0.3) is 0 Å².